The van der Waals surface area contributed by atoms with Gasteiger partial charge < -0.3 is 25.2 Å². The van der Waals surface area contributed by atoms with Gasteiger partial charge in [0, 0.05) is 19.7 Å². The lowest BCUT2D eigenvalue weighted by atomic mass is 10.2. The molecule has 2 aromatic heterocycles. The summed E-state index contributed by atoms with van der Waals surface area (Å²) in [5, 5.41) is 17.3. The largest absolute Gasteiger partial charge is 0.487 e. The number of anilines is 2. The van der Waals surface area contributed by atoms with Gasteiger partial charge in [0.1, 0.15) is 34.6 Å². The number of halogens is 1. The Labute approximate surface area is 165 Å². The van der Waals surface area contributed by atoms with Gasteiger partial charge >= 0.3 is 0 Å². The molecule has 0 aliphatic carbocycles. The summed E-state index contributed by atoms with van der Waals surface area (Å²) in [6.45, 7) is 3.50. The van der Waals surface area contributed by atoms with Crippen LogP contribution in [0.2, 0.25) is 0 Å². The molecular formula is C19H21FN4O3S. The van der Waals surface area contributed by atoms with Crippen LogP contribution in [0.25, 0.3) is 10.2 Å². The molecule has 28 heavy (non-hydrogen) atoms. The highest BCUT2D eigenvalue weighted by atomic mass is 32.1. The zero-order chi connectivity index (χ0) is 19.7. The van der Waals surface area contributed by atoms with Gasteiger partial charge in [-0.3, -0.25) is 0 Å². The van der Waals surface area contributed by atoms with E-state index >= 15 is 0 Å². The van der Waals surface area contributed by atoms with Crippen LogP contribution in [0.15, 0.2) is 24.5 Å². The number of benzene rings is 1. The topological polar surface area (TPSA) is 88.5 Å². The van der Waals surface area contributed by atoms with Gasteiger partial charge in [0.05, 0.1) is 16.0 Å². The van der Waals surface area contributed by atoms with Gasteiger partial charge in [0.15, 0.2) is 6.29 Å². The Morgan fingerprint density at radius 1 is 1.39 bits per heavy atom. The Morgan fingerprint density at radius 2 is 2.25 bits per heavy atom. The minimum absolute atomic E-state index is 0.000829. The highest BCUT2D eigenvalue weighted by molar-refractivity contribution is 7.19. The Morgan fingerprint density at radius 3 is 3.00 bits per heavy atom. The molecule has 1 aliphatic rings. The second-order valence-corrected chi connectivity index (χ2v) is 7.61. The number of methoxy groups -OCH3 is 1. The number of aromatic nitrogens is 2. The molecule has 3 aromatic rings. The number of nitrogens with zero attached hydrogens (tertiary/aromatic N) is 2. The smallest absolute Gasteiger partial charge is 0.190 e. The number of nitrogens with one attached hydrogen (secondary N) is 2. The normalized spacial score (nSPS) is 17.8. The SMILES string of the molecule is COC(O)c1sc2ncnc(Nc3ccc(F)cc3OC3CCNC3)c2c1C. The van der Waals surface area contributed by atoms with Crippen molar-refractivity contribution in [3.8, 4) is 5.75 Å². The molecular weight excluding hydrogens is 383 g/mol. The van der Waals surface area contributed by atoms with Crippen LogP contribution in [0.1, 0.15) is 23.2 Å². The number of hydrogen-bond donors (Lipinski definition) is 3. The first kappa shape index (κ1) is 19.0. The fourth-order valence-electron chi connectivity index (χ4n) is 3.26. The summed E-state index contributed by atoms with van der Waals surface area (Å²) in [4.78, 5) is 10.1. The molecule has 0 spiro atoms. The number of aliphatic hydroxyl groups excluding tert-OH is 1. The minimum Gasteiger partial charge on any atom is -0.487 e. The van der Waals surface area contributed by atoms with Gasteiger partial charge in [-0.05, 0) is 37.6 Å². The van der Waals surface area contributed by atoms with Crippen LogP contribution in [0, 0.1) is 12.7 Å². The van der Waals surface area contributed by atoms with Gasteiger partial charge in [-0.1, -0.05) is 0 Å². The summed E-state index contributed by atoms with van der Waals surface area (Å²) < 4.78 is 24.9. The number of hydrogen-bond acceptors (Lipinski definition) is 8. The van der Waals surface area contributed by atoms with Crippen LogP contribution < -0.4 is 15.4 Å². The first-order chi connectivity index (χ1) is 13.6. The van der Waals surface area contributed by atoms with E-state index in [1.165, 1.54) is 36.9 Å². The molecule has 1 aliphatic heterocycles. The molecule has 0 amide bonds. The van der Waals surface area contributed by atoms with E-state index in [1.807, 2.05) is 6.92 Å². The second kappa shape index (κ2) is 7.96. The Hall–Kier alpha value is -2.33. The third kappa shape index (κ3) is 3.66. The first-order valence-electron chi connectivity index (χ1n) is 8.95. The molecule has 148 valence electrons. The van der Waals surface area contributed by atoms with Crippen molar-refractivity contribution in [2.45, 2.75) is 25.7 Å². The van der Waals surface area contributed by atoms with Crippen LogP contribution in [0.5, 0.6) is 5.75 Å². The summed E-state index contributed by atoms with van der Waals surface area (Å²) in [6.07, 6.45) is 1.30. The van der Waals surface area contributed by atoms with Crippen molar-refractivity contribution in [1.29, 1.82) is 0 Å². The molecule has 0 saturated carbocycles. The number of fused-ring (bicyclic) bond motifs is 1. The maximum Gasteiger partial charge on any atom is 0.190 e. The van der Waals surface area contributed by atoms with Crippen molar-refractivity contribution >= 4 is 33.1 Å². The summed E-state index contributed by atoms with van der Waals surface area (Å²) in [6, 6.07) is 4.38. The number of aliphatic hydroxyl groups is 1. The van der Waals surface area contributed by atoms with E-state index in [4.69, 9.17) is 9.47 Å². The van der Waals surface area contributed by atoms with Crippen molar-refractivity contribution in [2.24, 2.45) is 0 Å². The van der Waals surface area contributed by atoms with Crippen molar-refractivity contribution < 1.29 is 19.0 Å². The minimum atomic E-state index is -1.02. The summed E-state index contributed by atoms with van der Waals surface area (Å²) in [7, 11) is 1.44. The fraction of sp³-hybridized carbons (Fsp3) is 0.368. The van der Waals surface area contributed by atoms with E-state index in [0.29, 0.717) is 22.1 Å². The van der Waals surface area contributed by atoms with E-state index in [0.717, 1.165) is 35.3 Å². The van der Waals surface area contributed by atoms with E-state index in [-0.39, 0.29) is 11.9 Å². The molecule has 3 N–H and O–H groups in total. The van der Waals surface area contributed by atoms with Crippen LogP contribution in [0.4, 0.5) is 15.9 Å². The average Bonchev–Trinajstić information content (AvgIpc) is 3.32. The highest BCUT2D eigenvalue weighted by Crippen LogP contribution is 2.39. The molecule has 0 bridgehead atoms. The third-order valence-corrected chi connectivity index (χ3v) is 5.95. The highest BCUT2D eigenvalue weighted by Gasteiger charge is 2.21. The monoisotopic (exact) mass is 404 g/mol. The quantitative estimate of drug-likeness (QED) is 0.544. The molecule has 7 nitrogen and oxygen atoms in total. The van der Waals surface area contributed by atoms with Crippen molar-refractivity contribution in [2.75, 3.05) is 25.5 Å². The molecule has 1 saturated heterocycles. The molecule has 2 atom stereocenters. The third-order valence-electron chi connectivity index (χ3n) is 4.72. The van der Waals surface area contributed by atoms with Crippen LogP contribution in [0.3, 0.4) is 0 Å². The Bertz CT molecular complexity index is 991. The van der Waals surface area contributed by atoms with E-state index in [1.54, 1.807) is 6.07 Å². The molecule has 2 unspecified atom stereocenters. The number of aryl methyl sites for hydroxylation is 1. The van der Waals surface area contributed by atoms with Crippen LogP contribution in [-0.4, -0.2) is 41.4 Å². The van der Waals surface area contributed by atoms with Crippen molar-refractivity contribution in [1.82, 2.24) is 15.3 Å². The molecule has 3 heterocycles. The molecule has 0 radical (unpaired) electrons. The van der Waals surface area contributed by atoms with Gasteiger partial charge in [-0.15, -0.1) is 11.3 Å². The average molecular weight is 404 g/mol. The molecule has 1 fully saturated rings. The summed E-state index contributed by atoms with van der Waals surface area (Å²) in [5.41, 5.74) is 1.45. The number of rotatable bonds is 6. The standard InChI is InChI=1S/C19H21FN4O3S/c1-10-15-17(22-9-23-18(15)28-16(10)19(25)26-2)24-13-4-3-11(20)7-14(13)27-12-5-6-21-8-12/h3-4,7,9,12,19,21,25H,5-6,8H2,1-2H3,(H,22,23,24). The first-order valence-corrected chi connectivity index (χ1v) is 9.77. The lowest BCUT2D eigenvalue weighted by Crippen LogP contribution is -2.20. The van der Waals surface area contributed by atoms with E-state index in [2.05, 4.69) is 20.6 Å². The lowest BCUT2D eigenvalue weighted by molar-refractivity contribution is -0.0746. The van der Waals surface area contributed by atoms with Gasteiger partial charge in [0.2, 0.25) is 0 Å². The summed E-state index contributed by atoms with van der Waals surface area (Å²) >= 11 is 1.35. The summed E-state index contributed by atoms with van der Waals surface area (Å²) in [5.74, 6) is 0.636. The lowest BCUT2D eigenvalue weighted by Gasteiger charge is -2.17. The van der Waals surface area contributed by atoms with Crippen LogP contribution in [-0.2, 0) is 4.74 Å². The van der Waals surface area contributed by atoms with Gasteiger partial charge in [-0.2, -0.15) is 0 Å². The molecule has 1 aromatic carbocycles. The van der Waals surface area contributed by atoms with Crippen molar-refractivity contribution in [3.05, 3.63) is 40.8 Å². The van der Waals surface area contributed by atoms with E-state index < -0.39 is 6.29 Å². The number of thiophene rings is 1. The van der Waals surface area contributed by atoms with Crippen LogP contribution >= 0.6 is 11.3 Å². The predicted molar refractivity (Wildman–Crippen MR) is 106 cm³/mol. The Kier molecular flexibility index (Phi) is 5.40. The fourth-order valence-corrected chi connectivity index (χ4v) is 4.37. The van der Waals surface area contributed by atoms with Gasteiger partial charge in [-0.25, -0.2) is 14.4 Å². The zero-order valence-electron chi connectivity index (χ0n) is 15.5. The van der Waals surface area contributed by atoms with E-state index in [9.17, 15) is 9.50 Å². The maximum atomic E-state index is 13.8. The maximum absolute atomic E-state index is 13.8. The van der Waals surface area contributed by atoms with Gasteiger partial charge in [0.25, 0.3) is 0 Å². The van der Waals surface area contributed by atoms with Crippen molar-refractivity contribution in [3.63, 3.8) is 0 Å². The molecule has 4 rings (SSSR count). The Balaban J connectivity index is 1.71. The zero-order valence-corrected chi connectivity index (χ0v) is 16.3. The number of ether oxygens (including phenoxy) is 2. The second-order valence-electron chi connectivity index (χ2n) is 6.58. The molecule has 9 heteroatoms. The predicted octanol–water partition coefficient (Wildman–Crippen LogP) is 3.26.